The lowest BCUT2D eigenvalue weighted by Crippen LogP contribution is -2.31. The van der Waals surface area contributed by atoms with Gasteiger partial charge in [0, 0.05) is 16.3 Å². The Morgan fingerprint density at radius 3 is 2.79 bits per heavy atom. The van der Waals surface area contributed by atoms with E-state index in [4.69, 9.17) is 16.3 Å². The van der Waals surface area contributed by atoms with Crippen molar-refractivity contribution in [3.63, 3.8) is 0 Å². The number of rotatable bonds is 4. The van der Waals surface area contributed by atoms with E-state index in [2.05, 4.69) is 10.4 Å². The lowest BCUT2D eigenvalue weighted by molar-refractivity contribution is 0.0928. The lowest BCUT2D eigenvalue weighted by atomic mass is 9.92. The second-order valence-corrected chi connectivity index (χ2v) is 7.14. The van der Waals surface area contributed by atoms with Crippen LogP contribution in [0.4, 0.5) is 4.39 Å². The van der Waals surface area contributed by atoms with Crippen LogP contribution in [0.15, 0.2) is 48.7 Å². The molecule has 0 fully saturated rings. The van der Waals surface area contributed by atoms with Crippen LogP contribution in [0.1, 0.15) is 40.5 Å². The molecule has 1 aliphatic rings. The number of hydrogen-bond donors (Lipinski definition) is 1. The van der Waals surface area contributed by atoms with Crippen molar-refractivity contribution in [1.82, 2.24) is 15.1 Å². The van der Waals surface area contributed by atoms with Gasteiger partial charge in [0.25, 0.3) is 5.91 Å². The van der Waals surface area contributed by atoms with Gasteiger partial charge in [-0.05, 0) is 61.7 Å². The summed E-state index contributed by atoms with van der Waals surface area (Å²) in [5.41, 5.74) is 2.93. The molecule has 0 spiro atoms. The van der Waals surface area contributed by atoms with Gasteiger partial charge in [-0.15, -0.1) is 0 Å². The molecule has 1 aromatic heterocycles. The molecule has 0 radical (unpaired) electrons. The summed E-state index contributed by atoms with van der Waals surface area (Å²) in [5, 5.41) is 7.71. The molecule has 7 heteroatoms. The van der Waals surface area contributed by atoms with Gasteiger partial charge in [-0.2, -0.15) is 5.10 Å². The van der Waals surface area contributed by atoms with E-state index < -0.39 is 11.7 Å². The fourth-order valence-electron chi connectivity index (χ4n) is 3.56. The molecular weight excluding hydrogens is 381 g/mol. The van der Waals surface area contributed by atoms with Crippen LogP contribution < -0.4 is 10.1 Å². The Hall–Kier alpha value is -2.86. The zero-order valence-corrected chi connectivity index (χ0v) is 16.0. The predicted octanol–water partition coefficient (Wildman–Crippen LogP) is 4.48. The molecule has 0 bridgehead atoms. The molecule has 28 heavy (non-hydrogen) atoms. The maximum absolute atomic E-state index is 14.1. The Bertz CT molecular complexity index is 1020. The van der Waals surface area contributed by atoms with Crippen molar-refractivity contribution in [3.8, 4) is 11.4 Å². The molecule has 4 rings (SSSR count). The van der Waals surface area contributed by atoms with E-state index in [0.29, 0.717) is 0 Å². The summed E-state index contributed by atoms with van der Waals surface area (Å²) < 4.78 is 21.2. The number of carbonyl (C=O) groups excluding carboxylic acids is 1. The van der Waals surface area contributed by atoms with Crippen LogP contribution >= 0.6 is 11.6 Å². The zero-order valence-electron chi connectivity index (χ0n) is 15.3. The number of nitrogens with zero attached hydrogens (tertiary/aromatic N) is 2. The van der Waals surface area contributed by atoms with E-state index in [9.17, 15) is 9.18 Å². The first-order valence-electron chi connectivity index (χ1n) is 9.04. The summed E-state index contributed by atoms with van der Waals surface area (Å²) in [6.07, 6.45) is 4.33. The number of amides is 1. The number of nitrogens with one attached hydrogen (secondary N) is 1. The number of hydrogen-bond acceptors (Lipinski definition) is 3. The fourth-order valence-corrected chi connectivity index (χ4v) is 3.72. The third-order valence-electron chi connectivity index (χ3n) is 4.98. The van der Waals surface area contributed by atoms with Gasteiger partial charge in [-0.1, -0.05) is 11.6 Å². The van der Waals surface area contributed by atoms with Gasteiger partial charge in [-0.25, -0.2) is 9.07 Å². The summed E-state index contributed by atoms with van der Waals surface area (Å²) in [5.74, 6) is -0.306. The number of halogens is 2. The van der Waals surface area contributed by atoms with Gasteiger partial charge >= 0.3 is 0 Å². The quantitative estimate of drug-likeness (QED) is 0.703. The largest absolute Gasteiger partial charge is 0.497 e. The summed E-state index contributed by atoms with van der Waals surface area (Å²) in [4.78, 5) is 12.6. The second-order valence-electron chi connectivity index (χ2n) is 6.70. The molecule has 2 aromatic carbocycles. The van der Waals surface area contributed by atoms with Crippen LogP contribution in [0.2, 0.25) is 5.02 Å². The molecule has 3 aromatic rings. The standard InChI is InChI=1S/C21H19ClFN3O2/c1-28-15-8-6-14(7-9-15)26-20-4-2-3-19(17(20)12-24-26)25-21(27)16-10-5-13(22)11-18(16)23/h5-12,19H,2-4H2,1H3,(H,25,27). The first kappa shape index (κ1) is 18.5. The van der Waals surface area contributed by atoms with Crippen molar-refractivity contribution in [2.75, 3.05) is 7.11 Å². The molecule has 0 saturated heterocycles. The summed E-state index contributed by atoms with van der Waals surface area (Å²) in [6, 6.07) is 11.5. The van der Waals surface area contributed by atoms with Crippen molar-refractivity contribution in [1.29, 1.82) is 0 Å². The molecule has 0 saturated carbocycles. The smallest absolute Gasteiger partial charge is 0.254 e. The first-order chi connectivity index (χ1) is 13.6. The number of fused-ring (bicyclic) bond motifs is 1. The maximum Gasteiger partial charge on any atom is 0.254 e. The third kappa shape index (κ3) is 3.47. The van der Waals surface area contributed by atoms with Crippen molar-refractivity contribution < 1.29 is 13.9 Å². The minimum Gasteiger partial charge on any atom is -0.497 e. The number of methoxy groups -OCH3 is 1. The Balaban J connectivity index is 1.59. The number of carbonyl (C=O) groups is 1. The Morgan fingerprint density at radius 2 is 2.07 bits per heavy atom. The first-order valence-corrected chi connectivity index (χ1v) is 9.42. The highest BCUT2D eigenvalue weighted by Crippen LogP contribution is 2.32. The number of aromatic nitrogens is 2. The third-order valence-corrected chi connectivity index (χ3v) is 5.22. The van der Waals surface area contributed by atoms with Crippen LogP contribution in [0.5, 0.6) is 5.75 Å². The van der Waals surface area contributed by atoms with E-state index in [1.165, 1.54) is 12.1 Å². The molecule has 1 amide bonds. The van der Waals surface area contributed by atoms with E-state index in [0.717, 1.165) is 48.0 Å². The van der Waals surface area contributed by atoms with Crippen LogP contribution in [0.3, 0.4) is 0 Å². The van der Waals surface area contributed by atoms with Crippen molar-refractivity contribution in [3.05, 3.63) is 76.3 Å². The van der Waals surface area contributed by atoms with Crippen molar-refractivity contribution >= 4 is 17.5 Å². The van der Waals surface area contributed by atoms with Gasteiger partial charge in [0.05, 0.1) is 30.6 Å². The van der Waals surface area contributed by atoms with Gasteiger partial charge < -0.3 is 10.1 Å². The second kappa shape index (κ2) is 7.64. The van der Waals surface area contributed by atoms with Gasteiger partial charge in [0.2, 0.25) is 0 Å². The van der Waals surface area contributed by atoms with E-state index in [1.807, 2.05) is 28.9 Å². The minimum atomic E-state index is -0.630. The normalized spacial score (nSPS) is 15.8. The molecule has 1 heterocycles. The molecule has 144 valence electrons. The summed E-state index contributed by atoms with van der Waals surface area (Å²) in [7, 11) is 1.63. The molecule has 1 atom stereocenters. The number of ether oxygens (including phenoxy) is 1. The average molecular weight is 400 g/mol. The average Bonchev–Trinajstić information content (AvgIpc) is 3.13. The molecule has 1 N–H and O–H groups in total. The minimum absolute atomic E-state index is 0.0148. The molecule has 0 aliphatic heterocycles. The predicted molar refractivity (Wildman–Crippen MR) is 105 cm³/mol. The Labute approximate surface area is 167 Å². The van der Waals surface area contributed by atoms with Crippen LogP contribution in [0, 0.1) is 5.82 Å². The molecular formula is C21H19ClFN3O2. The highest BCUT2D eigenvalue weighted by Gasteiger charge is 2.27. The highest BCUT2D eigenvalue weighted by molar-refractivity contribution is 6.30. The fraction of sp³-hybridized carbons (Fsp3) is 0.238. The van der Waals surface area contributed by atoms with Gasteiger partial charge in [-0.3, -0.25) is 4.79 Å². The summed E-state index contributed by atoms with van der Waals surface area (Å²) >= 11 is 5.77. The zero-order chi connectivity index (χ0) is 19.7. The molecule has 1 aliphatic carbocycles. The molecule has 1 unspecified atom stereocenters. The van der Waals surface area contributed by atoms with Gasteiger partial charge in [0.1, 0.15) is 11.6 Å². The Kier molecular flexibility index (Phi) is 5.05. The summed E-state index contributed by atoms with van der Waals surface area (Å²) in [6.45, 7) is 0. The van der Waals surface area contributed by atoms with Crippen molar-refractivity contribution in [2.24, 2.45) is 0 Å². The SMILES string of the molecule is COc1ccc(-n2ncc3c2CCCC3NC(=O)c2ccc(Cl)cc2F)cc1. The van der Waals surface area contributed by atoms with Crippen LogP contribution in [-0.4, -0.2) is 22.8 Å². The topological polar surface area (TPSA) is 56.1 Å². The van der Waals surface area contributed by atoms with Gasteiger partial charge in [0.15, 0.2) is 0 Å². The number of benzene rings is 2. The van der Waals surface area contributed by atoms with Crippen LogP contribution in [0.25, 0.3) is 5.69 Å². The monoisotopic (exact) mass is 399 g/mol. The molecule has 5 nitrogen and oxygen atoms in total. The van der Waals surface area contributed by atoms with E-state index in [-0.39, 0.29) is 16.6 Å². The van der Waals surface area contributed by atoms with Crippen molar-refractivity contribution in [2.45, 2.75) is 25.3 Å². The highest BCUT2D eigenvalue weighted by atomic mass is 35.5. The maximum atomic E-state index is 14.1. The van der Waals surface area contributed by atoms with E-state index >= 15 is 0 Å². The lowest BCUT2D eigenvalue weighted by Gasteiger charge is -2.24. The Morgan fingerprint density at radius 1 is 1.29 bits per heavy atom. The van der Waals surface area contributed by atoms with E-state index in [1.54, 1.807) is 13.3 Å². The van der Waals surface area contributed by atoms with Crippen LogP contribution in [-0.2, 0) is 6.42 Å².